The van der Waals surface area contributed by atoms with Crippen LogP contribution in [0.3, 0.4) is 0 Å². The summed E-state index contributed by atoms with van der Waals surface area (Å²) in [5, 5.41) is 3.50. The van der Waals surface area contributed by atoms with Gasteiger partial charge in [0.05, 0.1) is 6.61 Å². The first kappa shape index (κ1) is 15.9. The fourth-order valence-electron chi connectivity index (χ4n) is 1.67. The number of hydrogen-bond donors (Lipinski definition) is 1. The molecule has 0 bridgehead atoms. The van der Waals surface area contributed by atoms with E-state index in [2.05, 4.69) is 38.0 Å². The Balaban J connectivity index is 3.42. The molecular weight excluding hydrogens is 200 g/mol. The summed E-state index contributed by atoms with van der Waals surface area (Å²) in [7, 11) is 2.16. The zero-order chi connectivity index (χ0) is 12.4. The number of hydrogen-bond acceptors (Lipinski definition) is 3. The van der Waals surface area contributed by atoms with Crippen molar-refractivity contribution in [3.05, 3.63) is 0 Å². The Hall–Kier alpha value is -0.120. The van der Waals surface area contributed by atoms with E-state index in [1.165, 1.54) is 0 Å². The van der Waals surface area contributed by atoms with Crippen molar-refractivity contribution in [1.82, 2.24) is 10.2 Å². The molecule has 0 saturated carbocycles. The molecule has 0 radical (unpaired) electrons. The number of nitrogens with one attached hydrogen (secondary N) is 1. The molecule has 0 rings (SSSR count). The molecule has 0 amide bonds. The molecule has 0 aliphatic heterocycles. The van der Waals surface area contributed by atoms with Crippen LogP contribution < -0.4 is 5.32 Å². The molecule has 16 heavy (non-hydrogen) atoms. The first-order valence-electron chi connectivity index (χ1n) is 6.53. The Kier molecular flexibility index (Phi) is 9.99. The molecule has 1 unspecified atom stereocenters. The van der Waals surface area contributed by atoms with Gasteiger partial charge in [-0.15, -0.1) is 0 Å². The van der Waals surface area contributed by atoms with Gasteiger partial charge in [0.15, 0.2) is 0 Å². The van der Waals surface area contributed by atoms with Gasteiger partial charge in [0.1, 0.15) is 0 Å². The molecule has 3 nitrogen and oxygen atoms in total. The topological polar surface area (TPSA) is 24.5 Å². The molecule has 0 aliphatic carbocycles. The van der Waals surface area contributed by atoms with Crippen LogP contribution in [0.2, 0.25) is 0 Å². The van der Waals surface area contributed by atoms with E-state index in [4.69, 9.17) is 4.74 Å². The van der Waals surface area contributed by atoms with Crippen molar-refractivity contribution < 1.29 is 4.74 Å². The first-order chi connectivity index (χ1) is 7.56. The van der Waals surface area contributed by atoms with E-state index in [9.17, 15) is 0 Å². The zero-order valence-electron chi connectivity index (χ0n) is 11.8. The molecule has 0 fully saturated rings. The smallest absolute Gasteiger partial charge is 0.0593 e. The SMILES string of the molecule is CCOCCN(C)CC(C)CNCC(C)C. The van der Waals surface area contributed by atoms with Crippen molar-refractivity contribution in [1.29, 1.82) is 0 Å². The normalized spacial score (nSPS) is 13.7. The van der Waals surface area contributed by atoms with Crippen molar-refractivity contribution in [2.75, 3.05) is 46.4 Å². The third kappa shape index (κ3) is 10.4. The van der Waals surface area contributed by atoms with Crippen LogP contribution in [0, 0.1) is 11.8 Å². The van der Waals surface area contributed by atoms with Crippen LogP contribution in [0.1, 0.15) is 27.7 Å². The Morgan fingerprint density at radius 3 is 2.44 bits per heavy atom. The standard InChI is InChI=1S/C13H30N2O/c1-6-16-8-7-15(5)11-13(4)10-14-9-12(2)3/h12-14H,6-11H2,1-5H3. The van der Waals surface area contributed by atoms with Crippen molar-refractivity contribution in [3.8, 4) is 0 Å². The molecule has 0 aromatic carbocycles. The predicted octanol–water partition coefficient (Wildman–Crippen LogP) is 1.84. The Bertz CT molecular complexity index is 151. The van der Waals surface area contributed by atoms with Gasteiger partial charge in [-0.25, -0.2) is 0 Å². The highest BCUT2D eigenvalue weighted by molar-refractivity contribution is 4.62. The van der Waals surface area contributed by atoms with Crippen LogP contribution in [0.5, 0.6) is 0 Å². The van der Waals surface area contributed by atoms with Crippen LogP contribution in [-0.4, -0.2) is 51.3 Å². The predicted molar refractivity (Wildman–Crippen MR) is 70.9 cm³/mol. The van der Waals surface area contributed by atoms with Gasteiger partial charge in [-0.3, -0.25) is 0 Å². The van der Waals surface area contributed by atoms with Gasteiger partial charge in [0.2, 0.25) is 0 Å². The lowest BCUT2D eigenvalue weighted by atomic mass is 10.1. The lowest BCUT2D eigenvalue weighted by molar-refractivity contribution is 0.117. The minimum Gasteiger partial charge on any atom is -0.380 e. The lowest BCUT2D eigenvalue weighted by Gasteiger charge is -2.21. The highest BCUT2D eigenvalue weighted by atomic mass is 16.5. The molecule has 0 aromatic heterocycles. The molecule has 0 aliphatic rings. The third-order valence-corrected chi connectivity index (χ3v) is 2.49. The van der Waals surface area contributed by atoms with Gasteiger partial charge in [-0.1, -0.05) is 20.8 Å². The van der Waals surface area contributed by atoms with E-state index in [1.54, 1.807) is 0 Å². The van der Waals surface area contributed by atoms with Gasteiger partial charge in [-0.2, -0.15) is 0 Å². The van der Waals surface area contributed by atoms with Gasteiger partial charge in [0, 0.05) is 19.7 Å². The average molecular weight is 230 g/mol. The van der Waals surface area contributed by atoms with E-state index in [1.807, 2.05) is 6.92 Å². The summed E-state index contributed by atoms with van der Waals surface area (Å²) in [5.74, 6) is 1.44. The molecule has 0 saturated heterocycles. The highest BCUT2D eigenvalue weighted by Gasteiger charge is 2.06. The molecule has 0 spiro atoms. The molecule has 98 valence electrons. The summed E-state index contributed by atoms with van der Waals surface area (Å²) >= 11 is 0. The average Bonchev–Trinajstić information content (AvgIpc) is 2.17. The summed E-state index contributed by atoms with van der Waals surface area (Å²) < 4.78 is 5.34. The van der Waals surface area contributed by atoms with Gasteiger partial charge in [0.25, 0.3) is 0 Å². The fraction of sp³-hybridized carbons (Fsp3) is 1.00. The molecule has 0 aromatic rings. The van der Waals surface area contributed by atoms with Crippen LogP contribution in [-0.2, 0) is 4.74 Å². The van der Waals surface area contributed by atoms with E-state index >= 15 is 0 Å². The summed E-state index contributed by atoms with van der Waals surface area (Å²) in [6, 6.07) is 0. The number of nitrogens with zero attached hydrogens (tertiary/aromatic N) is 1. The second kappa shape index (κ2) is 10.1. The molecule has 1 N–H and O–H groups in total. The molecule has 0 heterocycles. The zero-order valence-corrected chi connectivity index (χ0v) is 11.8. The summed E-state index contributed by atoms with van der Waals surface area (Å²) in [5.41, 5.74) is 0. The van der Waals surface area contributed by atoms with Crippen LogP contribution in [0.25, 0.3) is 0 Å². The van der Waals surface area contributed by atoms with E-state index in [0.717, 1.165) is 45.3 Å². The van der Waals surface area contributed by atoms with Gasteiger partial charge < -0.3 is 15.0 Å². The third-order valence-electron chi connectivity index (χ3n) is 2.49. The molecular formula is C13H30N2O. The number of rotatable bonds is 10. The molecule has 3 heteroatoms. The first-order valence-corrected chi connectivity index (χ1v) is 6.53. The van der Waals surface area contributed by atoms with Crippen LogP contribution in [0.15, 0.2) is 0 Å². The largest absolute Gasteiger partial charge is 0.380 e. The highest BCUT2D eigenvalue weighted by Crippen LogP contribution is 1.97. The van der Waals surface area contributed by atoms with Crippen LogP contribution in [0.4, 0.5) is 0 Å². The second-order valence-corrected chi connectivity index (χ2v) is 5.12. The quantitative estimate of drug-likeness (QED) is 0.580. The molecule has 1 atom stereocenters. The van der Waals surface area contributed by atoms with Crippen molar-refractivity contribution >= 4 is 0 Å². The lowest BCUT2D eigenvalue weighted by Crippen LogP contribution is -2.34. The summed E-state index contributed by atoms with van der Waals surface area (Å²) in [6.07, 6.45) is 0. The second-order valence-electron chi connectivity index (χ2n) is 5.12. The maximum Gasteiger partial charge on any atom is 0.0593 e. The van der Waals surface area contributed by atoms with E-state index < -0.39 is 0 Å². The monoisotopic (exact) mass is 230 g/mol. The Labute approximate surface area is 102 Å². The van der Waals surface area contributed by atoms with Gasteiger partial charge in [-0.05, 0) is 38.9 Å². The van der Waals surface area contributed by atoms with Gasteiger partial charge >= 0.3 is 0 Å². The van der Waals surface area contributed by atoms with Crippen molar-refractivity contribution in [2.24, 2.45) is 11.8 Å². The summed E-state index contributed by atoms with van der Waals surface area (Å²) in [6.45, 7) is 14.9. The number of likely N-dealkylation sites (N-methyl/N-ethyl adjacent to an activating group) is 1. The van der Waals surface area contributed by atoms with Crippen molar-refractivity contribution in [2.45, 2.75) is 27.7 Å². The van der Waals surface area contributed by atoms with E-state index in [-0.39, 0.29) is 0 Å². The van der Waals surface area contributed by atoms with Crippen LogP contribution >= 0.6 is 0 Å². The number of ether oxygens (including phenoxy) is 1. The van der Waals surface area contributed by atoms with Crippen molar-refractivity contribution in [3.63, 3.8) is 0 Å². The maximum atomic E-state index is 5.34. The Morgan fingerprint density at radius 2 is 1.88 bits per heavy atom. The fourth-order valence-corrected chi connectivity index (χ4v) is 1.67. The van der Waals surface area contributed by atoms with E-state index in [0.29, 0.717) is 5.92 Å². The minimum absolute atomic E-state index is 0.699. The minimum atomic E-state index is 0.699. The Morgan fingerprint density at radius 1 is 1.19 bits per heavy atom. The summed E-state index contributed by atoms with van der Waals surface area (Å²) in [4.78, 5) is 2.34. The maximum absolute atomic E-state index is 5.34.